The van der Waals surface area contributed by atoms with E-state index in [0.717, 1.165) is 5.56 Å². The number of hydrogen-bond acceptors (Lipinski definition) is 3. The molecule has 0 saturated carbocycles. The average molecular weight is 277 g/mol. The van der Waals surface area contributed by atoms with Crippen LogP contribution in [0.15, 0.2) is 42.7 Å². The molecule has 0 aliphatic heterocycles. The fourth-order valence-electron chi connectivity index (χ4n) is 1.64. The maximum atomic E-state index is 12.1. The maximum Gasteiger partial charge on any atom is 0.255 e. The van der Waals surface area contributed by atoms with E-state index < -0.39 is 0 Å². The first-order valence-corrected chi connectivity index (χ1v) is 6.09. The van der Waals surface area contributed by atoms with Gasteiger partial charge >= 0.3 is 0 Å². The monoisotopic (exact) mass is 276 g/mol. The number of nitrogens with zero attached hydrogens (tertiary/aromatic N) is 1. The number of amides is 1. The molecule has 98 valence electrons. The van der Waals surface area contributed by atoms with E-state index in [1.54, 1.807) is 30.6 Å². The number of ether oxygens (including phenoxy) is 1. The highest BCUT2D eigenvalue weighted by Crippen LogP contribution is 2.22. The lowest BCUT2D eigenvalue weighted by atomic mass is 10.2. The van der Waals surface area contributed by atoms with Crippen molar-refractivity contribution in [2.75, 3.05) is 7.11 Å². The van der Waals surface area contributed by atoms with E-state index in [0.29, 0.717) is 22.9 Å². The first-order chi connectivity index (χ1) is 9.20. The van der Waals surface area contributed by atoms with E-state index in [1.165, 1.54) is 7.11 Å². The molecule has 2 aromatic rings. The highest BCUT2D eigenvalue weighted by Gasteiger charge is 2.12. The number of rotatable bonds is 4. The lowest BCUT2D eigenvalue weighted by Gasteiger charge is -2.09. The van der Waals surface area contributed by atoms with Crippen LogP contribution in [0.4, 0.5) is 0 Å². The normalized spacial score (nSPS) is 10.0. The Morgan fingerprint density at radius 3 is 2.74 bits per heavy atom. The predicted octanol–water partition coefficient (Wildman–Crippen LogP) is 2.67. The third-order valence-electron chi connectivity index (χ3n) is 2.61. The second-order valence-electron chi connectivity index (χ2n) is 3.88. The van der Waals surface area contributed by atoms with Crippen LogP contribution in [-0.4, -0.2) is 18.0 Å². The molecule has 1 amide bonds. The predicted molar refractivity (Wildman–Crippen MR) is 73.4 cm³/mol. The Morgan fingerprint density at radius 2 is 2.05 bits per heavy atom. The first-order valence-electron chi connectivity index (χ1n) is 5.71. The van der Waals surface area contributed by atoms with Crippen LogP contribution >= 0.6 is 11.6 Å². The van der Waals surface area contributed by atoms with Crippen LogP contribution in [0.3, 0.4) is 0 Å². The van der Waals surface area contributed by atoms with Gasteiger partial charge in [0.1, 0.15) is 5.75 Å². The van der Waals surface area contributed by atoms with Crippen molar-refractivity contribution < 1.29 is 9.53 Å². The second kappa shape index (κ2) is 6.20. The average Bonchev–Trinajstić information content (AvgIpc) is 2.46. The molecule has 0 radical (unpaired) electrons. The molecule has 1 aromatic heterocycles. The number of carbonyl (C=O) groups is 1. The summed E-state index contributed by atoms with van der Waals surface area (Å²) < 4.78 is 5.14. The molecule has 1 aromatic carbocycles. The Morgan fingerprint density at radius 1 is 1.32 bits per heavy atom. The minimum absolute atomic E-state index is 0.226. The molecule has 0 saturated heterocycles. The van der Waals surface area contributed by atoms with Gasteiger partial charge in [0.05, 0.1) is 12.7 Å². The Hall–Kier alpha value is -2.07. The number of hydrogen-bond donors (Lipinski definition) is 1. The summed E-state index contributed by atoms with van der Waals surface area (Å²) in [6.07, 6.45) is 3.36. The summed E-state index contributed by atoms with van der Waals surface area (Å²) in [5, 5.41) is 3.31. The van der Waals surface area contributed by atoms with Gasteiger partial charge in [0.2, 0.25) is 0 Å². The van der Waals surface area contributed by atoms with Gasteiger partial charge in [0.15, 0.2) is 0 Å². The van der Waals surface area contributed by atoms with E-state index in [1.807, 2.05) is 12.1 Å². The number of methoxy groups -OCH3 is 1. The van der Waals surface area contributed by atoms with Gasteiger partial charge < -0.3 is 10.1 Å². The van der Waals surface area contributed by atoms with Gasteiger partial charge in [-0.25, -0.2) is 0 Å². The molecule has 0 bridgehead atoms. The summed E-state index contributed by atoms with van der Waals surface area (Å²) >= 11 is 5.89. The molecular weight excluding hydrogens is 264 g/mol. The summed E-state index contributed by atoms with van der Waals surface area (Å²) in [5.74, 6) is 0.271. The first kappa shape index (κ1) is 13.4. The van der Waals surface area contributed by atoms with Gasteiger partial charge in [-0.3, -0.25) is 9.78 Å². The van der Waals surface area contributed by atoms with Crippen LogP contribution in [0.2, 0.25) is 5.02 Å². The topological polar surface area (TPSA) is 51.2 Å². The Labute approximate surface area is 116 Å². The molecule has 19 heavy (non-hydrogen) atoms. The Balaban J connectivity index is 2.10. The molecule has 0 aliphatic carbocycles. The number of nitrogens with one attached hydrogen (secondary N) is 1. The van der Waals surface area contributed by atoms with E-state index in [4.69, 9.17) is 16.3 Å². The van der Waals surface area contributed by atoms with Crippen molar-refractivity contribution in [2.24, 2.45) is 0 Å². The highest BCUT2D eigenvalue weighted by molar-refractivity contribution is 6.31. The summed E-state index contributed by atoms with van der Waals surface area (Å²) in [6, 6.07) is 8.62. The van der Waals surface area contributed by atoms with Crippen molar-refractivity contribution in [2.45, 2.75) is 6.54 Å². The minimum Gasteiger partial charge on any atom is -0.496 e. The third kappa shape index (κ3) is 3.45. The van der Waals surface area contributed by atoms with Crippen LogP contribution in [-0.2, 0) is 6.54 Å². The third-order valence-corrected chi connectivity index (χ3v) is 2.84. The van der Waals surface area contributed by atoms with Gasteiger partial charge in [-0.2, -0.15) is 0 Å². The number of halogens is 1. The van der Waals surface area contributed by atoms with Crippen molar-refractivity contribution in [3.8, 4) is 5.75 Å². The highest BCUT2D eigenvalue weighted by atomic mass is 35.5. The lowest BCUT2D eigenvalue weighted by Crippen LogP contribution is -2.23. The van der Waals surface area contributed by atoms with Crippen LogP contribution in [0.1, 0.15) is 15.9 Å². The van der Waals surface area contributed by atoms with Crippen LogP contribution < -0.4 is 10.1 Å². The molecule has 1 N–H and O–H groups in total. The molecule has 4 nitrogen and oxygen atoms in total. The molecule has 2 rings (SSSR count). The summed E-state index contributed by atoms with van der Waals surface area (Å²) in [4.78, 5) is 16.0. The number of benzene rings is 1. The Kier molecular flexibility index (Phi) is 4.36. The molecule has 0 unspecified atom stereocenters. The lowest BCUT2D eigenvalue weighted by molar-refractivity contribution is 0.0948. The van der Waals surface area contributed by atoms with Crippen molar-refractivity contribution in [1.82, 2.24) is 10.3 Å². The SMILES string of the molecule is COc1ccc(Cl)cc1C(=O)NCc1ccncc1. The number of carbonyl (C=O) groups excluding carboxylic acids is 1. The number of pyridine rings is 1. The van der Waals surface area contributed by atoms with Crippen LogP contribution in [0, 0.1) is 0 Å². The molecule has 5 heteroatoms. The summed E-state index contributed by atoms with van der Waals surface area (Å²) in [7, 11) is 1.52. The molecule has 0 aliphatic rings. The fraction of sp³-hybridized carbons (Fsp3) is 0.143. The maximum absolute atomic E-state index is 12.1. The molecule has 0 atom stereocenters. The second-order valence-corrected chi connectivity index (χ2v) is 4.32. The van der Waals surface area contributed by atoms with Crippen molar-refractivity contribution in [1.29, 1.82) is 0 Å². The molecule has 0 spiro atoms. The fourth-order valence-corrected chi connectivity index (χ4v) is 1.81. The van der Waals surface area contributed by atoms with Crippen molar-refractivity contribution in [3.05, 3.63) is 58.9 Å². The van der Waals surface area contributed by atoms with E-state index >= 15 is 0 Å². The Bertz CT molecular complexity index is 573. The van der Waals surface area contributed by atoms with Crippen LogP contribution in [0.5, 0.6) is 5.75 Å². The molecule has 1 heterocycles. The van der Waals surface area contributed by atoms with Crippen molar-refractivity contribution >= 4 is 17.5 Å². The zero-order valence-electron chi connectivity index (χ0n) is 10.4. The van der Waals surface area contributed by atoms with Crippen LogP contribution in [0.25, 0.3) is 0 Å². The largest absolute Gasteiger partial charge is 0.496 e. The summed E-state index contributed by atoms with van der Waals surface area (Å²) in [6.45, 7) is 0.428. The smallest absolute Gasteiger partial charge is 0.255 e. The standard InChI is InChI=1S/C14H13ClN2O2/c1-19-13-3-2-11(15)8-12(13)14(18)17-9-10-4-6-16-7-5-10/h2-8H,9H2,1H3,(H,17,18). The van der Waals surface area contributed by atoms with Gasteiger partial charge in [-0.1, -0.05) is 11.6 Å². The zero-order chi connectivity index (χ0) is 13.7. The van der Waals surface area contributed by atoms with Gasteiger partial charge in [-0.15, -0.1) is 0 Å². The van der Waals surface area contributed by atoms with Gasteiger partial charge in [0, 0.05) is 24.0 Å². The molecule has 0 fully saturated rings. The van der Waals surface area contributed by atoms with Gasteiger partial charge in [0.25, 0.3) is 5.91 Å². The van der Waals surface area contributed by atoms with Crippen molar-refractivity contribution in [3.63, 3.8) is 0 Å². The minimum atomic E-state index is -0.226. The van der Waals surface area contributed by atoms with E-state index in [2.05, 4.69) is 10.3 Å². The van der Waals surface area contributed by atoms with E-state index in [-0.39, 0.29) is 5.91 Å². The van der Waals surface area contributed by atoms with E-state index in [9.17, 15) is 4.79 Å². The molecular formula is C14H13ClN2O2. The number of aromatic nitrogens is 1. The van der Waals surface area contributed by atoms with Gasteiger partial charge in [-0.05, 0) is 35.9 Å². The quantitative estimate of drug-likeness (QED) is 0.934. The summed E-state index contributed by atoms with van der Waals surface area (Å²) in [5.41, 5.74) is 1.40. The zero-order valence-corrected chi connectivity index (χ0v) is 11.1.